The second kappa shape index (κ2) is 4.21. The standard InChI is InChI=1S/C16H30N2/c1-15(2)11-7-8-16(3,10-11)14(15)18-13-6-4-5-12(17)9-13/h11-14,18H,4-10,17H2,1-3H3. The molecule has 0 radical (unpaired) electrons. The van der Waals surface area contributed by atoms with Crippen molar-refractivity contribution in [3.8, 4) is 0 Å². The minimum atomic E-state index is 0.436. The molecule has 2 heteroatoms. The maximum Gasteiger partial charge on any atom is 0.0177 e. The molecular weight excluding hydrogens is 220 g/mol. The highest BCUT2D eigenvalue weighted by molar-refractivity contribution is 5.12. The van der Waals surface area contributed by atoms with Crippen LogP contribution in [-0.2, 0) is 0 Å². The van der Waals surface area contributed by atoms with E-state index in [-0.39, 0.29) is 0 Å². The third kappa shape index (κ3) is 1.92. The number of rotatable bonds is 2. The van der Waals surface area contributed by atoms with Crippen LogP contribution in [0, 0.1) is 16.7 Å². The van der Waals surface area contributed by atoms with Gasteiger partial charge in [-0.1, -0.05) is 27.2 Å². The molecule has 104 valence electrons. The van der Waals surface area contributed by atoms with Crippen LogP contribution >= 0.6 is 0 Å². The van der Waals surface area contributed by atoms with Crippen molar-refractivity contribution in [3.63, 3.8) is 0 Å². The minimum Gasteiger partial charge on any atom is -0.328 e. The molecule has 0 aliphatic heterocycles. The van der Waals surface area contributed by atoms with Crippen LogP contribution in [0.3, 0.4) is 0 Å². The van der Waals surface area contributed by atoms with Gasteiger partial charge in [-0.25, -0.2) is 0 Å². The Morgan fingerprint density at radius 1 is 1.11 bits per heavy atom. The van der Waals surface area contributed by atoms with Crippen LogP contribution in [0.1, 0.15) is 65.7 Å². The van der Waals surface area contributed by atoms with E-state index in [1.165, 1.54) is 44.9 Å². The third-order valence-corrected chi connectivity index (χ3v) is 6.39. The van der Waals surface area contributed by atoms with Crippen molar-refractivity contribution < 1.29 is 0 Å². The summed E-state index contributed by atoms with van der Waals surface area (Å²) in [4.78, 5) is 0. The first-order chi connectivity index (χ1) is 8.42. The van der Waals surface area contributed by atoms with Gasteiger partial charge in [0.25, 0.3) is 0 Å². The fourth-order valence-electron chi connectivity index (χ4n) is 5.33. The monoisotopic (exact) mass is 250 g/mol. The summed E-state index contributed by atoms with van der Waals surface area (Å²) in [6, 6.07) is 1.82. The number of nitrogens with one attached hydrogen (secondary N) is 1. The Bertz CT molecular complexity index is 320. The summed E-state index contributed by atoms with van der Waals surface area (Å²) in [5, 5.41) is 4.03. The van der Waals surface area contributed by atoms with Gasteiger partial charge in [-0.15, -0.1) is 0 Å². The van der Waals surface area contributed by atoms with Crippen LogP contribution in [0.15, 0.2) is 0 Å². The predicted octanol–water partition coefficient (Wildman–Crippen LogP) is 3.06. The Hall–Kier alpha value is -0.0800. The van der Waals surface area contributed by atoms with E-state index in [9.17, 15) is 0 Å². The smallest absolute Gasteiger partial charge is 0.0177 e. The van der Waals surface area contributed by atoms with Gasteiger partial charge in [-0.05, 0) is 55.3 Å². The van der Waals surface area contributed by atoms with Crippen molar-refractivity contribution in [2.75, 3.05) is 0 Å². The molecule has 3 N–H and O–H groups in total. The van der Waals surface area contributed by atoms with Crippen molar-refractivity contribution in [3.05, 3.63) is 0 Å². The van der Waals surface area contributed by atoms with E-state index in [2.05, 4.69) is 26.1 Å². The molecule has 0 amide bonds. The lowest BCUT2D eigenvalue weighted by Gasteiger charge is -2.46. The van der Waals surface area contributed by atoms with Gasteiger partial charge in [0.05, 0.1) is 0 Å². The average Bonchev–Trinajstić information content (AvgIpc) is 2.76. The molecule has 2 nitrogen and oxygen atoms in total. The van der Waals surface area contributed by atoms with E-state index in [1.807, 2.05) is 0 Å². The van der Waals surface area contributed by atoms with Crippen LogP contribution < -0.4 is 11.1 Å². The topological polar surface area (TPSA) is 38.0 Å². The molecule has 0 aromatic heterocycles. The number of fused-ring (bicyclic) bond motifs is 2. The Morgan fingerprint density at radius 3 is 2.50 bits per heavy atom. The first kappa shape index (κ1) is 12.9. The molecule has 3 saturated carbocycles. The maximum atomic E-state index is 6.14. The highest BCUT2D eigenvalue weighted by Gasteiger charge is 2.59. The number of nitrogens with two attached hydrogens (primary N) is 1. The summed E-state index contributed by atoms with van der Waals surface area (Å²) in [7, 11) is 0. The Kier molecular flexibility index (Phi) is 3.02. The lowest BCUT2D eigenvalue weighted by Crippen LogP contribution is -2.55. The molecule has 3 fully saturated rings. The zero-order valence-electron chi connectivity index (χ0n) is 12.3. The number of hydrogen-bond acceptors (Lipinski definition) is 2. The van der Waals surface area contributed by atoms with Crippen molar-refractivity contribution in [2.24, 2.45) is 22.5 Å². The maximum absolute atomic E-state index is 6.14. The van der Waals surface area contributed by atoms with E-state index < -0.39 is 0 Å². The van der Waals surface area contributed by atoms with Gasteiger partial charge in [0.15, 0.2) is 0 Å². The molecule has 2 bridgehead atoms. The summed E-state index contributed by atoms with van der Waals surface area (Å²) in [5.41, 5.74) is 7.17. The summed E-state index contributed by atoms with van der Waals surface area (Å²) in [5.74, 6) is 0.942. The second-order valence-corrected chi connectivity index (χ2v) is 8.14. The van der Waals surface area contributed by atoms with Gasteiger partial charge >= 0.3 is 0 Å². The molecular formula is C16H30N2. The molecule has 0 spiro atoms. The van der Waals surface area contributed by atoms with E-state index in [1.54, 1.807) is 0 Å². The zero-order valence-corrected chi connectivity index (χ0v) is 12.3. The molecule has 3 rings (SSSR count). The van der Waals surface area contributed by atoms with Crippen LogP contribution in [0.4, 0.5) is 0 Å². The van der Waals surface area contributed by atoms with E-state index in [0.717, 1.165) is 5.92 Å². The summed E-state index contributed by atoms with van der Waals surface area (Å²) < 4.78 is 0. The predicted molar refractivity (Wildman–Crippen MR) is 76.4 cm³/mol. The zero-order chi connectivity index (χ0) is 13.0. The Morgan fingerprint density at radius 2 is 1.89 bits per heavy atom. The van der Waals surface area contributed by atoms with Crippen molar-refractivity contribution in [2.45, 2.75) is 83.8 Å². The van der Waals surface area contributed by atoms with Crippen LogP contribution in [0.25, 0.3) is 0 Å². The molecule has 0 saturated heterocycles. The highest BCUT2D eigenvalue weighted by Crippen LogP contribution is 2.62. The van der Waals surface area contributed by atoms with Crippen molar-refractivity contribution in [1.29, 1.82) is 0 Å². The average molecular weight is 250 g/mol. The van der Waals surface area contributed by atoms with Gasteiger partial charge in [0.2, 0.25) is 0 Å². The lowest BCUT2D eigenvalue weighted by molar-refractivity contribution is 0.0910. The van der Waals surface area contributed by atoms with Gasteiger partial charge in [-0.2, -0.15) is 0 Å². The van der Waals surface area contributed by atoms with E-state index >= 15 is 0 Å². The van der Waals surface area contributed by atoms with E-state index in [4.69, 9.17) is 5.73 Å². The summed E-state index contributed by atoms with van der Waals surface area (Å²) >= 11 is 0. The molecule has 0 aromatic carbocycles. The molecule has 18 heavy (non-hydrogen) atoms. The van der Waals surface area contributed by atoms with Gasteiger partial charge in [0.1, 0.15) is 0 Å². The third-order valence-electron chi connectivity index (χ3n) is 6.39. The molecule has 5 atom stereocenters. The largest absolute Gasteiger partial charge is 0.328 e. The summed E-state index contributed by atoms with van der Waals surface area (Å²) in [6.45, 7) is 7.49. The van der Waals surface area contributed by atoms with Crippen LogP contribution in [-0.4, -0.2) is 18.1 Å². The molecule has 0 heterocycles. The van der Waals surface area contributed by atoms with Gasteiger partial charge in [0, 0.05) is 18.1 Å². The SMILES string of the molecule is CC12CCC(C1)C(C)(C)C2NC1CCCC(N)C1. The fraction of sp³-hybridized carbons (Fsp3) is 1.00. The summed E-state index contributed by atoms with van der Waals surface area (Å²) in [6.07, 6.45) is 9.38. The Labute approximate surface area is 112 Å². The molecule has 3 aliphatic rings. The number of hydrogen-bond donors (Lipinski definition) is 2. The van der Waals surface area contributed by atoms with Crippen LogP contribution in [0.5, 0.6) is 0 Å². The van der Waals surface area contributed by atoms with E-state index in [0.29, 0.717) is 29.0 Å². The molecule has 5 unspecified atom stereocenters. The van der Waals surface area contributed by atoms with Gasteiger partial charge < -0.3 is 11.1 Å². The fourth-order valence-corrected chi connectivity index (χ4v) is 5.33. The quantitative estimate of drug-likeness (QED) is 0.790. The minimum absolute atomic E-state index is 0.436. The van der Waals surface area contributed by atoms with Crippen molar-refractivity contribution in [1.82, 2.24) is 5.32 Å². The van der Waals surface area contributed by atoms with Gasteiger partial charge in [-0.3, -0.25) is 0 Å². The second-order valence-electron chi connectivity index (χ2n) is 8.14. The first-order valence-corrected chi connectivity index (χ1v) is 7.93. The lowest BCUT2D eigenvalue weighted by atomic mass is 9.68. The highest BCUT2D eigenvalue weighted by atomic mass is 15.0. The normalized spacial score (nSPS) is 50.7. The van der Waals surface area contributed by atoms with Crippen LogP contribution in [0.2, 0.25) is 0 Å². The molecule has 3 aliphatic carbocycles. The Balaban J connectivity index is 1.71. The molecule has 0 aromatic rings. The first-order valence-electron chi connectivity index (χ1n) is 7.93. The van der Waals surface area contributed by atoms with Crippen molar-refractivity contribution >= 4 is 0 Å².